The highest BCUT2D eigenvalue weighted by Crippen LogP contribution is 2.01. The third-order valence-corrected chi connectivity index (χ3v) is 2.33. The molecule has 1 aromatic heterocycles. The number of carbonyl (C=O) groups excluding carboxylic acids is 2. The van der Waals surface area contributed by atoms with Crippen molar-refractivity contribution >= 4 is 11.9 Å². The number of aromatic nitrogens is 1. The van der Waals surface area contributed by atoms with E-state index in [4.69, 9.17) is 5.73 Å². The van der Waals surface area contributed by atoms with E-state index in [1.165, 1.54) is 13.3 Å². The molecule has 0 aliphatic rings. The quantitative estimate of drug-likeness (QED) is 0.534. The van der Waals surface area contributed by atoms with Crippen LogP contribution in [0.25, 0.3) is 0 Å². The average Bonchev–Trinajstić information content (AvgIpc) is 2.38. The molecule has 0 aliphatic carbocycles. The molecular formula is C12H17N3O3. The summed E-state index contributed by atoms with van der Waals surface area (Å²) < 4.78 is 4.57. The Bertz CT molecular complexity index is 404. The zero-order valence-electron chi connectivity index (χ0n) is 10.3. The van der Waals surface area contributed by atoms with Gasteiger partial charge in [0.25, 0.3) is 0 Å². The second kappa shape index (κ2) is 7.39. The molecule has 0 spiro atoms. The molecule has 6 nitrogen and oxygen atoms in total. The standard InChI is InChI=1S/C12H17N3O3/c1-18-12(17)9-4-5-10(15-7-9)8-14-6-2-3-11(13)16/h4-5,7,14H,2-3,6,8H2,1H3,(H2,13,16). The van der Waals surface area contributed by atoms with Crippen LogP contribution in [-0.4, -0.2) is 30.5 Å². The molecule has 18 heavy (non-hydrogen) atoms. The molecule has 6 heteroatoms. The van der Waals surface area contributed by atoms with E-state index < -0.39 is 5.97 Å². The summed E-state index contributed by atoms with van der Waals surface area (Å²) in [4.78, 5) is 25.8. The van der Waals surface area contributed by atoms with E-state index in [9.17, 15) is 9.59 Å². The van der Waals surface area contributed by atoms with Crippen LogP contribution in [-0.2, 0) is 16.1 Å². The number of pyridine rings is 1. The molecule has 1 amide bonds. The summed E-state index contributed by atoms with van der Waals surface area (Å²) in [7, 11) is 1.33. The van der Waals surface area contributed by atoms with Gasteiger partial charge in [-0.05, 0) is 25.1 Å². The van der Waals surface area contributed by atoms with Gasteiger partial charge in [-0.2, -0.15) is 0 Å². The second-order valence-electron chi connectivity index (χ2n) is 3.78. The van der Waals surface area contributed by atoms with Crippen LogP contribution in [0.3, 0.4) is 0 Å². The third-order valence-electron chi connectivity index (χ3n) is 2.33. The van der Waals surface area contributed by atoms with Gasteiger partial charge in [0.2, 0.25) is 5.91 Å². The minimum Gasteiger partial charge on any atom is -0.465 e. The van der Waals surface area contributed by atoms with E-state index in [0.29, 0.717) is 31.5 Å². The molecule has 0 saturated heterocycles. The molecule has 0 aromatic carbocycles. The van der Waals surface area contributed by atoms with Gasteiger partial charge in [0.15, 0.2) is 0 Å². The van der Waals surface area contributed by atoms with Gasteiger partial charge < -0.3 is 15.8 Å². The van der Waals surface area contributed by atoms with Crippen LogP contribution < -0.4 is 11.1 Å². The van der Waals surface area contributed by atoms with Gasteiger partial charge in [-0.3, -0.25) is 9.78 Å². The zero-order valence-corrected chi connectivity index (χ0v) is 10.3. The second-order valence-corrected chi connectivity index (χ2v) is 3.78. The fourth-order valence-electron chi connectivity index (χ4n) is 1.37. The number of primary amides is 1. The van der Waals surface area contributed by atoms with Crippen molar-refractivity contribution in [3.05, 3.63) is 29.6 Å². The predicted molar refractivity (Wildman–Crippen MR) is 65.7 cm³/mol. The monoisotopic (exact) mass is 251 g/mol. The maximum atomic E-state index is 11.2. The molecule has 0 bridgehead atoms. The molecule has 0 atom stereocenters. The minimum absolute atomic E-state index is 0.294. The Morgan fingerprint density at radius 1 is 1.44 bits per heavy atom. The van der Waals surface area contributed by atoms with E-state index in [1.54, 1.807) is 12.1 Å². The summed E-state index contributed by atoms with van der Waals surface area (Å²) in [6.07, 6.45) is 2.56. The number of ether oxygens (including phenoxy) is 1. The Labute approximate surface area is 106 Å². The lowest BCUT2D eigenvalue weighted by atomic mass is 10.2. The first-order chi connectivity index (χ1) is 8.63. The number of amides is 1. The summed E-state index contributed by atoms with van der Waals surface area (Å²) in [6, 6.07) is 3.42. The van der Waals surface area contributed by atoms with Crippen molar-refractivity contribution in [1.82, 2.24) is 10.3 Å². The Hall–Kier alpha value is -1.95. The van der Waals surface area contributed by atoms with Crippen molar-refractivity contribution in [3.8, 4) is 0 Å². The van der Waals surface area contributed by atoms with E-state index in [-0.39, 0.29) is 5.91 Å². The number of carbonyl (C=O) groups is 2. The average molecular weight is 251 g/mol. The van der Waals surface area contributed by atoms with E-state index in [2.05, 4.69) is 15.0 Å². The van der Waals surface area contributed by atoms with Crippen LogP contribution in [0.5, 0.6) is 0 Å². The first kappa shape index (κ1) is 14.1. The minimum atomic E-state index is -0.400. The topological polar surface area (TPSA) is 94.3 Å². The van der Waals surface area contributed by atoms with Crippen LogP contribution >= 0.6 is 0 Å². The molecule has 0 aliphatic heterocycles. The third kappa shape index (κ3) is 4.92. The maximum Gasteiger partial charge on any atom is 0.339 e. The number of nitrogens with zero attached hydrogens (tertiary/aromatic N) is 1. The van der Waals surface area contributed by atoms with Crippen LogP contribution in [0.2, 0.25) is 0 Å². The molecule has 3 N–H and O–H groups in total. The van der Waals surface area contributed by atoms with E-state index >= 15 is 0 Å². The first-order valence-electron chi connectivity index (χ1n) is 5.65. The van der Waals surface area contributed by atoms with Gasteiger partial charge in [-0.15, -0.1) is 0 Å². The van der Waals surface area contributed by atoms with Gasteiger partial charge in [-0.1, -0.05) is 0 Å². The van der Waals surface area contributed by atoms with Crippen molar-refractivity contribution in [3.63, 3.8) is 0 Å². The van der Waals surface area contributed by atoms with Gasteiger partial charge in [0, 0.05) is 19.2 Å². The van der Waals surface area contributed by atoms with Crippen molar-refractivity contribution in [1.29, 1.82) is 0 Å². The van der Waals surface area contributed by atoms with Crippen LogP contribution in [0.1, 0.15) is 28.9 Å². The zero-order chi connectivity index (χ0) is 13.4. The van der Waals surface area contributed by atoms with Crippen molar-refractivity contribution in [2.45, 2.75) is 19.4 Å². The Morgan fingerprint density at radius 2 is 2.22 bits per heavy atom. The van der Waals surface area contributed by atoms with Gasteiger partial charge >= 0.3 is 5.97 Å². The number of nitrogens with one attached hydrogen (secondary N) is 1. The highest BCUT2D eigenvalue weighted by atomic mass is 16.5. The summed E-state index contributed by atoms with van der Waals surface area (Å²) in [5.41, 5.74) is 6.27. The highest BCUT2D eigenvalue weighted by Gasteiger charge is 2.05. The Morgan fingerprint density at radius 3 is 2.78 bits per heavy atom. The SMILES string of the molecule is COC(=O)c1ccc(CNCCCC(N)=O)nc1. The lowest BCUT2D eigenvalue weighted by molar-refractivity contribution is -0.118. The predicted octanol–water partition coefficient (Wildman–Crippen LogP) is 0.223. The number of methoxy groups -OCH3 is 1. The Kier molecular flexibility index (Phi) is 5.79. The number of esters is 1. The molecule has 1 heterocycles. The van der Waals surface area contributed by atoms with Crippen LogP contribution in [0.15, 0.2) is 18.3 Å². The van der Waals surface area contributed by atoms with Crippen molar-refractivity contribution in [2.24, 2.45) is 5.73 Å². The normalized spacial score (nSPS) is 10.1. The maximum absolute atomic E-state index is 11.2. The molecule has 0 saturated carbocycles. The Balaban J connectivity index is 2.31. The summed E-state index contributed by atoms with van der Waals surface area (Å²) in [5, 5.41) is 3.13. The van der Waals surface area contributed by atoms with Gasteiger partial charge in [0.05, 0.1) is 18.4 Å². The van der Waals surface area contributed by atoms with Crippen molar-refractivity contribution in [2.75, 3.05) is 13.7 Å². The number of hydrogen-bond donors (Lipinski definition) is 2. The summed E-state index contributed by atoms with van der Waals surface area (Å²) >= 11 is 0. The lowest BCUT2D eigenvalue weighted by Gasteiger charge is -2.04. The van der Waals surface area contributed by atoms with Crippen LogP contribution in [0, 0.1) is 0 Å². The molecule has 0 fully saturated rings. The van der Waals surface area contributed by atoms with Gasteiger partial charge in [0.1, 0.15) is 0 Å². The first-order valence-corrected chi connectivity index (χ1v) is 5.65. The fourth-order valence-corrected chi connectivity index (χ4v) is 1.37. The fraction of sp³-hybridized carbons (Fsp3) is 0.417. The van der Waals surface area contributed by atoms with Crippen molar-refractivity contribution < 1.29 is 14.3 Å². The largest absolute Gasteiger partial charge is 0.465 e. The smallest absolute Gasteiger partial charge is 0.339 e. The molecule has 0 radical (unpaired) electrons. The molecule has 98 valence electrons. The number of hydrogen-bond acceptors (Lipinski definition) is 5. The molecule has 0 unspecified atom stereocenters. The summed E-state index contributed by atoms with van der Waals surface area (Å²) in [6.45, 7) is 1.28. The van der Waals surface area contributed by atoms with Crippen LogP contribution in [0.4, 0.5) is 0 Å². The molecule has 1 rings (SSSR count). The highest BCUT2D eigenvalue weighted by molar-refractivity contribution is 5.88. The molecule has 1 aromatic rings. The molecular weight excluding hydrogens is 234 g/mol. The van der Waals surface area contributed by atoms with E-state index in [1.807, 2.05) is 0 Å². The number of rotatable bonds is 7. The lowest BCUT2D eigenvalue weighted by Crippen LogP contribution is -2.18. The number of nitrogens with two attached hydrogens (primary N) is 1. The summed E-state index contributed by atoms with van der Waals surface area (Å²) in [5.74, 6) is -0.694. The van der Waals surface area contributed by atoms with E-state index in [0.717, 1.165) is 5.69 Å². The van der Waals surface area contributed by atoms with Gasteiger partial charge in [-0.25, -0.2) is 4.79 Å².